The molecule has 2 radical (unpaired) electrons. The summed E-state index contributed by atoms with van der Waals surface area (Å²) < 4.78 is 0. The van der Waals surface area contributed by atoms with Gasteiger partial charge in [-0.25, -0.2) is 0 Å². The van der Waals surface area contributed by atoms with Gasteiger partial charge in [0.05, 0.1) is 0 Å². The van der Waals surface area contributed by atoms with Gasteiger partial charge in [-0.1, -0.05) is 0 Å². The second kappa shape index (κ2) is 35.7. The Balaban J connectivity index is 0. The van der Waals surface area contributed by atoms with Crippen molar-refractivity contribution in [3.05, 3.63) is 0 Å². The minimum atomic E-state index is 0. The molecule has 0 heterocycles. The first-order valence-electron chi connectivity index (χ1n) is 0. The second-order valence-electron chi connectivity index (χ2n) is 0. The second-order valence-corrected chi connectivity index (χ2v) is 0. The molecule has 0 fully saturated rings. The van der Waals surface area contributed by atoms with Gasteiger partial charge in [-0.3, -0.25) is 0 Å². The molecule has 46 valence electrons. The zero-order chi connectivity index (χ0) is 0. The van der Waals surface area contributed by atoms with Crippen LogP contribution in [-0.4, -0.2) is 91.3 Å². The van der Waals surface area contributed by atoms with Crippen molar-refractivity contribution in [2.45, 2.75) is 0 Å². The summed E-state index contributed by atoms with van der Waals surface area (Å²) in [6, 6.07) is 0. The average molecular weight is 508 g/mol. The molecule has 0 aliphatic carbocycles. The number of hydrogen-bond donors (Lipinski definition) is 0. The zero-order valence-corrected chi connectivity index (χ0v) is 2.49. The van der Waals surface area contributed by atoms with Gasteiger partial charge in [0.25, 0.3) is 0 Å². The Morgan fingerprint density at radius 3 is 0.500 bits per heavy atom. The average Bonchev–Trinajstić information content (AvgIpc) is 0. The third-order valence-corrected chi connectivity index (χ3v) is 0. The topological polar surface area (TPSA) is 0 Å². The van der Waals surface area contributed by atoms with E-state index in [1.807, 2.05) is 0 Å². The molecule has 0 saturated heterocycles. The van der Waals surface area contributed by atoms with Gasteiger partial charge in [-0.2, -0.15) is 0 Å². The minimum absolute atomic E-state index is 0. The van der Waals surface area contributed by atoms with E-state index in [0.717, 1.165) is 0 Å². The maximum absolute atomic E-state index is 0. The van der Waals surface area contributed by atoms with Gasteiger partial charge in [-0.05, 0) is 0 Å². The van der Waals surface area contributed by atoms with Crippen molar-refractivity contribution in [3.8, 4) is 0 Å². The fourth-order valence-corrected chi connectivity index (χ4v) is 0. The van der Waals surface area contributed by atoms with Gasteiger partial charge in [0, 0.05) is 34.1 Å². The summed E-state index contributed by atoms with van der Waals surface area (Å²) in [5, 5.41) is 0. The molecule has 0 aromatic carbocycles. The first-order valence-corrected chi connectivity index (χ1v) is 0. The van der Waals surface area contributed by atoms with Crippen LogP contribution in [0.15, 0.2) is 0 Å². The quantitative estimate of drug-likeness (QED) is 0.289. The van der Waals surface area contributed by atoms with Gasteiger partial charge in [0.1, 0.15) is 0 Å². The molecule has 0 unspecified atom stereocenters. The van der Waals surface area contributed by atoms with Gasteiger partial charge < -0.3 is 0 Å². The van der Waals surface area contributed by atoms with Crippen molar-refractivity contribution in [1.82, 2.24) is 0 Å². The summed E-state index contributed by atoms with van der Waals surface area (Å²) >= 11 is 0. The fourth-order valence-electron chi connectivity index (χ4n) is 0. The summed E-state index contributed by atoms with van der Waals surface area (Å²) in [6.45, 7) is 0. The molecule has 6 heteroatoms. The molecule has 0 rings (SSSR count). The maximum atomic E-state index is 0. The van der Waals surface area contributed by atoms with Crippen LogP contribution in [0.5, 0.6) is 0 Å². The van der Waals surface area contributed by atoms with E-state index in [-0.39, 0.29) is 125 Å². The van der Waals surface area contributed by atoms with Crippen molar-refractivity contribution in [1.29, 1.82) is 0 Å². The summed E-state index contributed by atoms with van der Waals surface area (Å²) in [7, 11) is 0. The van der Waals surface area contributed by atoms with E-state index in [4.69, 9.17) is 0 Å². The first-order chi connectivity index (χ1) is 0. The summed E-state index contributed by atoms with van der Waals surface area (Å²) in [5.74, 6) is 0. The van der Waals surface area contributed by atoms with E-state index in [1.165, 1.54) is 0 Å². The predicted molar refractivity (Wildman–Crippen MR) is 39.8 cm³/mol. The molecule has 0 N–H and O–H groups in total. The molecule has 0 nitrogen and oxygen atoms in total. The van der Waals surface area contributed by atoms with Crippen LogP contribution in [0.3, 0.4) is 0 Å². The van der Waals surface area contributed by atoms with Gasteiger partial charge in [-0.15, -0.1) is 0 Å². The molecule has 0 aromatic rings. The summed E-state index contributed by atoms with van der Waals surface area (Å²) in [4.78, 5) is 0. The molecule has 0 aliphatic heterocycles. The van der Waals surface area contributed by atoms with Gasteiger partial charge in [0.15, 0.2) is 0 Å². The summed E-state index contributed by atoms with van der Waals surface area (Å²) in [5.41, 5.74) is 0. The number of rotatable bonds is 0. The van der Waals surface area contributed by atoms with E-state index in [9.17, 15) is 0 Å². The standard InChI is InChI=1S/2Cu.2Ga.2In.12H. The SMILES string of the molecule is [Cu].[Cu].[GaH3].[GaH3].[InH3].[InH3]. The normalized spacial score (nSPS) is 0. The van der Waals surface area contributed by atoms with E-state index < -0.39 is 0 Å². The molecule has 0 spiro atoms. The molecular weight excluding hydrogens is 496 g/mol. The van der Waals surface area contributed by atoms with E-state index in [0.29, 0.717) is 0 Å². The van der Waals surface area contributed by atoms with Crippen molar-refractivity contribution >= 4 is 91.3 Å². The van der Waals surface area contributed by atoms with Crippen LogP contribution >= 0.6 is 0 Å². The van der Waals surface area contributed by atoms with Crippen LogP contribution in [-0.2, 0) is 34.1 Å². The Bertz CT molecular complexity index is 9.51. The molecule has 6 heavy (non-hydrogen) atoms. The number of hydrogen-bond acceptors (Lipinski definition) is 0. The monoisotopic (exact) mass is 506 g/mol. The predicted octanol–water partition coefficient (Wildman–Crippen LogP) is -4.74. The molecule has 0 saturated carbocycles. The van der Waals surface area contributed by atoms with Crippen molar-refractivity contribution in [2.24, 2.45) is 0 Å². The zero-order valence-electron chi connectivity index (χ0n) is 0.603. The fraction of sp³-hybridized carbons (Fsp3) is 0. The van der Waals surface area contributed by atoms with E-state index >= 15 is 0 Å². The molecular formula is H12Cu2Ga2In2. The van der Waals surface area contributed by atoms with Crippen LogP contribution in [0.25, 0.3) is 0 Å². The Morgan fingerprint density at radius 2 is 0.500 bits per heavy atom. The molecule has 0 atom stereocenters. The molecule has 0 bridgehead atoms. The van der Waals surface area contributed by atoms with Gasteiger partial charge >= 0.3 is 91.3 Å². The third-order valence-electron chi connectivity index (χ3n) is 0. The van der Waals surface area contributed by atoms with E-state index in [2.05, 4.69) is 0 Å². The van der Waals surface area contributed by atoms with Crippen LogP contribution < -0.4 is 0 Å². The van der Waals surface area contributed by atoms with E-state index in [1.54, 1.807) is 0 Å². The third kappa shape index (κ3) is 24.4. The summed E-state index contributed by atoms with van der Waals surface area (Å²) in [6.07, 6.45) is 0. The van der Waals surface area contributed by atoms with Crippen molar-refractivity contribution in [3.63, 3.8) is 0 Å². The Morgan fingerprint density at radius 1 is 0.500 bits per heavy atom. The van der Waals surface area contributed by atoms with Crippen LogP contribution in [0.4, 0.5) is 0 Å². The molecule has 0 amide bonds. The molecule has 0 aliphatic rings. The Hall–Kier alpha value is 4.05. The Labute approximate surface area is 123 Å². The van der Waals surface area contributed by atoms with Crippen LogP contribution in [0.1, 0.15) is 0 Å². The van der Waals surface area contributed by atoms with Gasteiger partial charge in [0.2, 0.25) is 0 Å². The van der Waals surface area contributed by atoms with Crippen LogP contribution in [0.2, 0.25) is 0 Å². The Kier molecular flexibility index (Phi) is 299. The van der Waals surface area contributed by atoms with Crippen LogP contribution in [0, 0.1) is 0 Å². The van der Waals surface area contributed by atoms with Crippen molar-refractivity contribution < 1.29 is 34.1 Å². The van der Waals surface area contributed by atoms with Crippen molar-refractivity contribution in [2.75, 3.05) is 0 Å². The molecule has 0 aromatic heterocycles. The first kappa shape index (κ1) is 50.2.